The monoisotopic (exact) mass is 335 g/mol. The number of nitrogens with two attached hydrogens (primary N) is 1. The van der Waals surface area contributed by atoms with Crippen molar-refractivity contribution in [1.82, 2.24) is 10.3 Å². The maximum Gasteiger partial charge on any atom is 0.271 e. The maximum atomic E-state index is 12.4. The molecule has 1 aliphatic rings. The van der Waals surface area contributed by atoms with Gasteiger partial charge in [-0.05, 0) is 31.4 Å². The van der Waals surface area contributed by atoms with Crippen LogP contribution in [-0.4, -0.2) is 23.5 Å². The van der Waals surface area contributed by atoms with E-state index in [0.29, 0.717) is 23.2 Å². The summed E-state index contributed by atoms with van der Waals surface area (Å²) in [7, 11) is 0. The molecule has 1 saturated carbocycles. The van der Waals surface area contributed by atoms with E-state index in [0.717, 1.165) is 29.8 Å². The zero-order valence-electron chi connectivity index (χ0n) is 12.1. The van der Waals surface area contributed by atoms with Crippen molar-refractivity contribution in [2.24, 2.45) is 11.7 Å². The molecule has 2 unspecified atom stereocenters. The number of carbonyl (C=O) groups excluding carboxylic acids is 1. The quantitative estimate of drug-likeness (QED) is 0.900. The Hall–Kier alpha value is -1.43. The Morgan fingerprint density at radius 2 is 2.23 bits per heavy atom. The summed E-state index contributed by atoms with van der Waals surface area (Å²) in [6.45, 7) is 0.618. The number of thiazole rings is 1. The molecule has 4 nitrogen and oxygen atoms in total. The summed E-state index contributed by atoms with van der Waals surface area (Å²) >= 11 is 7.60. The molecular formula is C16H18ClN3OS. The Kier molecular flexibility index (Phi) is 4.76. The average molecular weight is 336 g/mol. The SMILES string of the molecule is NCC1CCCC1NC(=O)c1csc(-c2ccccc2Cl)n1. The molecule has 1 aromatic heterocycles. The van der Waals surface area contributed by atoms with Crippen LogP contribution in [0.15, 0.2) is 29.6 Å². The molecule has 2 aromatic rings. The van der Waals surface area contributed by atoms with Gasteiger partial charge in [0.25, 0.3) is 5.91 Å². The minimum atomic E-state index is -0.125. The number of nitrogens with one attached hydrogen (secondary N) is 1. The normalized spacial score (nSPS) is 21.0. The van der Waals surface area contributed by atoms with E-state index in [1.54, 1.807) is 5.38 Å². The van der Waals surface area contributed by atoms with Gasteiger partial charge in [-0.15, -0.1) is 11.3 Å². The molecule has 0 aliphatic heterocycles. The molecule has 1 heterocycles. The Morgan fingerprint density at radius 1 is 1.41 bits per heavy atom. The summed E-state index contributed by atoms with van der Waals surface area (Å²) in [5, 5.41) is 6.25. The minimum absolute atomic E-state index is 0.125. The molecule has 22 heavy (non-hydrogen) atoms. The highest BCUT2D eigenvalue weighted by Crippen LogP contribution is 2.30. The number of benzene rings is 1. The first-order chi connectivity index (χ1) is 10.7. The molecule has 0 bridgehead atoms. The topological polar surface area (TPSA) is 68.0 Å². The second kappa shape index (κ2) is 6.77. The molecule has 0 saturated heterocycles. The van der Waals surface area contributed by atoms with Crippen molar-refractivity contribution in [3.63, 3.8) is 0 Å². The molecule has 3 rings (SSSR count). The molecule has 6 heteroatoms. The lowest BCUT2D eigenvalue weighted by Gasteiger charge is -2.18. The van der Waals surface area contributed by atoms with Gasteiger partial charge in [-0.1, -0.05) is 36.2 Å². The van der Waals surface area contributed by atoms with Gasteiger partial charge in [0.1, 0.15) is 10.7 Å². The van der Waals surface area contributed by atoms with Crippen molar-refractivity contribution < 1.29 is 4.79 Å². The summed E-state index contributed by atoms with van der Waals surface area (Å²) < 4.78 is 0. The lowest BCUT2D eigenvalue weighted by molar-refractivity contribution is 0.0924. The third kappa shape index (κ3) is 3.16. The lowest BCUT2D eigenvalue weighted by atomic mass is 10.0. The largest absolute Gasteiger partial charge is 0.348 e. The minimum Gasteiger partial charge on any atom is -0.348 e. The summed E-state index contributed by atoms with van der Waals surface area (Å²) in [5.74, 6) is 0.255. The standard InChI is InChI=1S/C16H18ClN3OS/c17-12-6-2-1-5-11(12)16-20-14(9-22-16)15(21)19-13-7-3-4-10(13)8-18/h1-2,5-6,9-10,13H,3-4,7-8,18H2,(H,19,21). The van der Waals surface area contributed by atoms with E-state index in [2.05, 4.69) is 10.3 Å². The summed E-state index contributed by atoms with van der Waals surface area (Å²) in [4.78, 5) is 16.8. The van der Waals surface area contributed by atoms with Crippen LogP contribution in [0.1, 0.15) is 29.8 Å². The Bertz CT molecular complexity index is 673. The van der Waals surface area contributed by atoms with E-state index in [9.17, 15) is 4.79 Å². The van der Waals surface area contributed by atoms with Gasteiger partial charge in [0, 0.05) is 17.0 Å². The van der Waals surface area contributed by atoms with Crippen molar-refractivity contribution >= 4 is 28.8 Å². The molecule has 0 radical (unpaired) electrons. The number of rotatable bonds is 4. The van der Waals surface area contributed by atoms with Crippen molar-refractivity contribution in [2.75, 3.05) is 6.54 Å². The number of hydrogen-bond donors (Lipinski definition) is 2. The fourth-order valence-corrected chi connectivity index (χ4v) is 4.01. The van der Waals surface area contributed by atoms with Crippen LogP contribution >= 0.6 is 22.9 Å². The predicted molar refractivity (Wildman–Crippen MR) is 90.2 cm³/mol. The first kappa shape index (κ1) is 15.5. The van der Waals surface area contributed by atoms with E-state index in [1.807, 2.05) is 24.3 Å². The van der Waals surface area contributed by atoms with Gasteiger partial charge < -0.3 is 11.1 Å². The zero-order valence-corrected chi connectivity index (χ0v) is 13.7. The van der Waals surface area contributed by atoms with Crippen LogP contribution in [0.2, 0.25) is 5.02 Å². The highest BCUT2D eigenvalue weighted by Gasteiger charge is 2.28. The van der Waals surface area contributed by atoms with Crippen molar-refractivity contribution in [3.05, 3.63) is 40.4 Å². The third-order valence-corrected chi connectivity index (χ3v) is 5.32. The Balaban J connectivity index is 1.73. The predicted octanol–water partition coefficient (Wildman–Crippen LogP) is 3.32. The fraction of sp³-hybridized carbons (Fsp3) is 0.375. The molecule has 1 aromatic carbocycles. The Morgan fingerprint density at radius 3 is 3.00 bits per heavy atom. The van der Waals surface area contributed by atoms with Gasteiger partial charge in [-0.3, -0.25) is 4.79 Å². The van der Waals surface area contributed by atoms with E-state index in [4.69, 9.17) is 17.3 Å². The van der Waals surface area contributed by atoms with E-state index in [-0.39, 0.29) is 11.9 Å². The Labute approximate surface area is 138 Å². The van der Waals surface area contributed by atoms with Crippen molar-refractivity contribution in [1.29, 1.82) is 0 Å². The number of carbonyl (C=O) groups is 1. The first-order valence-electron chi connectivity index (χ1n) is 7.40. The summed E-state index contributed by atoms with van der Waals surface area (Å²) in [6.07, 6.45) is 3.20. The number of halogens is 1. The highest BCUT2D eigenvalue weighted by atomic mass is 35.5. The van der Waals surface area contributed by atoms with E-state index in [1.165, 1.54) is 11.3 Å². The smallest absolute Gasteiger partial charge is 0.271 e. The van der Waals surface area contributed by atoms with Crippen LogP contribution in [0.5, 0.6) is 0 Å². The lowest BCUT2D eigenvalue weighted by Crippen LogP contribution is -2.40. The van der Waals surface area contributed by atoms with Crippen LogP contribution in [0.4, 0.5) is 0 Å². The molecule has 1 amide bonds. The number of aromatic nitrogens is 1. The van der Waals surface area contributed by atoms with Crippen LogP contribution in [0.3, 0.4) is 0 Å². The van der Waals surface area contributed by atoms with Crippen LogP contribution in [-0.2, 0) is 0 Å². The van der Waals surface area contributed by atoms with Gasteiger partial charge in [0.05, 0.1) is 5.02 Å². The summed E-state index contributed by atoms with van der Waals surface area (Å²) in [6, 6.07) is 7.68. The molecule has 116 valence electrons. The van der Waals surface area contributed by atoms with Gasteiger partial charge in [-0.2, -0.15) is 0 Å². The first-order valence-corrected chi connectivity index (χ1v) is 8.66. The third-order valence-electron chi connectivity index (χ3n) is 4.12. The zero-order chi connectivity index (χ0) is 15.5. The van der Waals surface area contributed by atoms with Crippen LogP contribution in [0.25, 0.3) is 10.6 Å². The second-order valence-corrected chi connectivity index (χ2v) is 6.79. The summed E-state index contributed by atoms with van der Waals surface area (Å²) in [5.41, 5.74) is 7.06. The van der Waals surface area contributed by atoms with Crippen LogP contribution < -0.4 is 11.1 Å². The average Bonchev–Trinajstić information content (AvgIpc) is 3.16. The maximum absolute atomic E-state index is 12.4. The van der Waals surface area contributed by atoms with Gasteiger partial charge in [0.2, 0.25) is 0 Å². The molecule has 3 N–H and O–H groups in total. The molecule has 1 aliphatic carbocycles. The number of amides is 1. The van der Waals surface area contributed by atoms with E-state index < -0.39 is 0 Å². The molecular weight excluding hydrogens is 318 g/mol. The highest BCUT2D eigenvalue weighted by molar-refractivity contribution is 7.13. The fourth-order valence-electron chi connectivity index (χ4n) is 2.89. The van der Waals surface area contributed by atoms with Gasteiger partial charge >= 0.3 is 0 Å². The van der Waals surface area contributed by atoms with Crippen molar-refractivity contribution in [3.8, 4) is 10.6 Å². The number of nitrogens with zero attached hydrogens (tertiary/aromatic N) is 1. The molecule has 1 fully saturated rings. The second-order valence-electron chi connectivity index (χ2n) is 5.52. The van der Waals surface area contributed by atoms with Gasteiger partial charge in [0.15, 0.2) is 0 Å². The molecule has 2 atom stereocenters. The van der Waals surface area contributed by atoms with Crippen molar-refractivity contribution in [2.45, 2.75) is 25.3 Å². The van der Waals surface area contributed by atoms with E-state index >= 15 is 0 Å². The van der Waals surface area contributed by atoms with Crippen LogP contribution in [0, 0.1) is 5.92 Å². The number of hydrogen-bond acceptors (Lipinski definition) is 4. The molecule has 0 spiro atoms. The van der Waals surface area contributed by atoms with Gasteiger partial charge in [-0.25, -0.2) is 4.98 Å².